The van der Waals surface area contributed by atoms with E-state index in [2.05, 4.69) is 29.1 Å². The van der Waals surface area contributed by atoms with Crippen molar-refractivity contribution in [1.82, 2.24) is 15.5 Å². The summed E-state index contributed by atoms with van der Waals surface area (Å²) < 4.78 is 5.31. The lowest BCUT2D eigenvalue weighted by atomic mass is 10.2. The molecule has 23 heavy (non-hydrogen) atoms. The predicted octanol–water partition coefficient (Wildman–Crippen LogP) is 0.974. The first kappa shape index (κ1) is 18.8. The molecule has 2 amide bonds. The summed E-state index contributed by atoms with van der Waals surface area (Å²) in [5.74, 6) is 5.85. The lowest BCUT2D eigenvalue weighted by Crippen LogP contribution is -2.40. The van der Waals surface area contributed by atoms with Gasteiger partial charge in [0.2, 0.25) is 5.91 Å². The number of amides is 2. The number of rotatable bonds is 6. The molecule has 6 nitrogen and oxygen atoms in total. The zero-order valence-corrected chi connectivity index (χ0v) is 14.2. The highest BCUT2D eigenvalue weighted by molar-refractivity contribution is 5.99. The number of hydrogen-bond acceptors (Lipinski definition) is 4. The topological polar surface area (TPSA) is 70.7 Å². The maximum atomic E-state index is 11.8. The van der Waals surface area contributed by atoms with Crippen LogP contribution in [0.5, 0.6) is 0 Å². The van der Waals surface area contributed by atoms with Gasteiger partial charge in [-0.1, -0.05) is 32.3 Å². The Labute approximate surface area is 137 Å². The molecule has 2 N–H and O–H groups in total. The Morgan fingerprint density at radius 3 is 2.74 bits per heavy atom. The van der Waals surface area contributed by atoms with E-state index in [-0.39, 0.29) is 30.4 Å². The maximum Gasteiger partial charge on any atom is 0.266 e. The van der Waals surface area contributed by atoms with Crippen LogP contribution in [-0.2, 0) is 14.3 Å². The molecule has 0 aromatic heterocycles. The highest BCUT2D eigenvalue weighted by Crippen LogP contribution is 2.14. The third kappa shape index (κ3) is 6.17. The molecule has 0 fully saturated rings. The fourth-order valence-corrected chi connectivity index (χ4v) is 1.79. The summed E-state index contributed by atoms with van der Waals surface area (Å²) in [4.78, 5) is 25.0. The van der Waals surface area contributed by atoms with E-state index in [0.29, 0.717) is 24.5 Å². The van der Waals surface area contributed by atoms with Crippen molar-refractivity contribution in [2.45, 2.75) is 33.7 Å². The molecule has 1 aliphatic rings. The Morgan fingerprint density at radius 1 is 1.43 bits per heavy atom. The van der Waals surface area contributed by atoms with Crippen molar-refractivity contribution < 1.29 is 14.3 Å². The number of hydrogen-bond donors (Lipinski definition) is 2. The van der Waals surface area contributed by atoms with E-state index in [9.17, 15) is 9.59 Å². The highest BCUT2D eigenvalue weighted by Gasteiger charge is 2.21. The molecule has 0 spiro atoms. The molecule has 0 aliphatic carbocycles. The molecule has 0 aromatic carbocycles. The molecule has 0 aromatic rings. The molecule has 0 saturated carbocycles. The van der Waals surface area contributed by atoms with Gasteiger partial charge in [0.1, 0.15) is 18.0 Å². The SMILES string of the molecule is C=C1NC(=O)C(C#CCOCCNC(=O)C(C)C)=CN1C(C)C. The Hall–Kier alpha value is -2.26. The first-order valence-electron chi connectivity index (χ1n) is 7.67. The second-order valence-corrected chi connectivity index (χ2v) is 5.74. The molecule has 0 radical (unpaired) electrons. The van der Waals surface area contributed by atoms with Gasteiger partial charge < -0.3 is 20.3 Å². The molecular weight excluding hydrogens is 294 g/mol. The van der Waals surface area contributed by atoms with Gasteiger partial charge in [-0.05, 0) is 13.8 Å². The van der Waals surface area contributed by atoms with E-state index in [1.54, 1.807) is 6.20 Å². The lowest BCUT2D eigenvalue weighted by molar-refractivity contribution is -0.124. The van der Waals surface area contributed by atoms with Gasteiger partial charge in [-0.25, -0.2) is 0 Å². The molecule has 126 valence electrons. The van der Waals surface area contributed by atoms with E-state index >= 15 is 0 Å². The Kier molecular flexibility index (Phi) is 7.36. The van der Waals surface area contributed by atoms with Crippen LogP contribution in [0.3, 0.4) is 0 Å². The van der Waals surface area contributed by atoms with Crippen molar-refractivity contribution in [2.24, 2.45) is 5.92 Å². The third-order valence-corrected chi connectivity index (χ3v) is 3.11. The second kappa shape index (κ2) is 9.01. The smallest absolute Gasteiger partial charge is 0.266 e. The van der Waals surface area contributed by atoms with Crippen molar-refractivity contribution >= 4 is 11.8 Å². The molecule has 0 bridgehead atoms. The van der Waals surface area contributed by atoms with Crippen LogP contribution in [0.15, 0.2) is 24.2 Å². The maximum absolute atomic E-state index is 11.8. The molecule has 0 atom stereocenters. The largest absolute Gasteiger partial charge is 0.367 e. The Morgan fingerprint density at radius 2 is 2.13 bits per heavy atom. The predicted molar refractivity (Wildman–Crippen MR) is 88.8 cm³/mol. The fourth-order valence-electron chi connectivity index (χ4n) is 1.79. The van der Waals surface area contributed by atoms with Crippen molar-refractivity contribution in [3.63, 3.8) is 0 Å². The third-order valence-electron chi connectivity index (χ3n) is 3.11. The average Bonchev–Trinajstić information content (AvgIpc) is 2.47. The van der Waals surface area contributed by atoms with Crippen LogP contribution >= 0.6 is 0 Å². The van der Waals surface area contributed by atoms with E-state index in [0.717, 1.165) is 0 Å². The Bertz CT molecular complexity index is 553. The molecule has 6 heteroatoms. The molecule has 1 heterocycles. The molecule has 0 unspecified atom stereocenters. The minimum atomic E-state index is -0.261. The van der Waals surface area contributed by atoms with E-state index < -0.39 is 0 Å². The molecule has 1 aliphatic heterocycles. The van der Waals surface area contributed by atoms with Crippen LogP contribution in [0.1, 0.15) is 27.7 Å². The summed E-state index contributed by atoms with van der Waals surface area (Å²) >= 11 is 0. The fraction of sp³-hybridized carbons (Fsp3) is 0.529. The van der Waals surface area contributed by atoms with Crippen LogP contribution < -0.4 is 10.6 Å². The first-order valence-corrected chi connectivity index (χ1v) is 7.67. The summed E-state index contributed by atoms with van der Waals surface area (Å²) in [6, 6.07) is 0.181. The number of ether oxygens (including phenoxy) is 1. The first-order chi connectivity index (χ1) is 10.8. The average molecular weight is 319 g/mol. The summed E-state index contributed by atoms with van der Waals surface area (Å²) in [7, 11) is 0. The van der Waals surface area contributed by atoms with Gasteiger partial charge in [0.15, 0.2) is 0 Å². The number of nitrogens with one attached hydrogen (secondary N) is 2. The second-order valence-electron chi connectivity index (χ2n) is 5.74. The van der Waals surface area contributed by atoms with E-state index in [1.807, 2.05) is 32.6 Å². The summed E-state index contributed by atoms with van der Waals surface area (Å²) in [6.07, 6.45) is 1.70. The van der Waals surface area contributed by atoms with Gasteiger partial charge in [-0.2, -0.15) is 0 Å². The van der Waals surface area contributed by atoms with Gasteiger partial charge in [0.25, 0.3) is 5.91 Å². The van der Waals surface area contributed by atoms with Crippen LogP contribution in [0.25, 0.3) is 0 Å². The minimum absolute atomic E-state index is 0.00211. The van der Waals surface area contributed by atoms with Gasteiger partial charge in [0, 0.05) is 24.7 Å². The lowest BCUT2D eigenvalue weighted by Gasteiger charge is -2.30. The van der Waals surface area contributed by atoms with Crippen LogP contribution in [0.4, 0.5) is 0 Å². The number of carbonyl (C=O) groups is 2. The molecule has 0 saturated heterocycles. The molecule has 1 rings (SSSR count). The van der Waals surface area contributed by atoms with Crippen LogP contribution in [0, 0.1) is 17.8 Å². The number of carbonyl (C=O) groups excluding carboxylic acids is 2. The van der Waals surface area contributed by atoms with Crippen molar-refractivity contribution in [3.05, 3.63) is 24.2 Å². The van der Waals surface area contributed by atoms with Gasteiger partial charge in [-0.15, -0.1) is 0 Å². The van der Waals surface area contributed by atoms with Crippen molar-refractivity contribution in [3.8, 4) is 11.8 Å². The summed E-state index contributed by atoms with van der Waals surface area (Å²) in [5, 5.41) is 5.43. The van der Waals surface area contributed by atoms with Crippen molar-refractivity contribution in [2.75, 3.05) is 19.8 Å². The van der Waals surface area contributed by atoms with E-state index in [4.69, 9.17) is 4.74 Å². The zero-order valence-electron chi connectivity index (χ0n) is 14.2. The van der Waals surface area contributed by atoms with Crippen LogP contribution in [0.2, 0.25) is 0 Å². The quantitative estimate of drug-likeness (QED) is 0.565. The highest BCUT2D eigenvalue weighted by atomic mass is 16.5. The van der Waals surface area contributed by atoms with Crippen LogP contribution in [-0.4, -0.2) is 42.5 Å². The molecular formula is C17H25N3O3. The van der Waals surface area contributed by atoms with Gasteiger partial charge >= 0.3 is 0 Å². The summed E-state index contributed by atoms with van der Waals surface area (Å²) in [6.45, 7) is 12.5. The monoisotopic (exact) mass is 319 g/mol. The summed E-state index contributed by atoms with van der Waals surface area (Å²) in [5.41, 5.74) is 0.378. The van der Waals surface area contributed by atoms with Crippen molar-refractivity contribution in [1.29, 1.82) is 0 Å². The van der Waals surface area contributed by atoms with Gasteiger partial charge in [-0.3, -0.25) is 9.59 Å². The van der Waals surface area contributed by atoms with E-state index in [1.165, 1.54) is 0 Å². The normalized spacial score (nSPS) is 14.3. The number of nitrogens with zero attached hydrogens (tertiary/aromatic N) is 1. The minimum Gasteiger partial charge on any atom is -0.367 e. The standard InChI is InChI=1S/C17H25N3O3/c1-12(2)16(21)18-8-10-23-9-6-7-15-11-20(13(3)4)14(5)19-17(15)22/h11-13H,5,8-10H2,1-4H3,(H,18,21)(H,19,22). The Balaban J connectivity index is 2.41. The zero-order chi connectivity index (χ0) is 17.4. The van der Waals surface area contributed by atoms with Gasteiger partial charge in [0.05, 0.1) is 6.61 Å².